The molecule has 0 saturated heterocycles. The third-order valence-corrected chi connectivity index (χ3v) is 4.70. The van der Waals surface area contributed by atoms with Crippen LogP contribution in [0.2, 0.25) is 5.02 Å². The lowest BCUT2D eigenvalue weighted by atomic mass is 10.2. The molecule has 2 nitrogen and oxygen atoms in total. The summed E-state index contributed by atoms with van der Waals surface area (Å²) in [6, 6.07) is 2.00. The molecule has 17 heavy (non-hydrogen) atoms. The van der Waals surface area contributed by atoms with Gasteiger partial charge in [0.15, 0.2) is 0 Å². The van der Waals surface area contributed by atoms with E-state index in [0.717, 1.165) is 41.5 Å². The highest BCUT2D eigenvalue weighted by Gasteiger charge is 2.03. The van der Waals surface area contributed by atoms with E-state index < -0.39 is 0 Å². The zero-order valence-electron chi connectivity index (χ0n) is 10.3. The van der Waals surface area contributed by atoms with Crippen molar-refractivity contribution in [3.63, 3.8) is 0 Å². The van der Waals surface area contributed by atoms with Gasteiger partial charge in [-0.2, -0.15) is 0 Å². The topological polar surface area (TPSA) is 21.3 Å². The van der Waals surface area contributed by atoms with Gasteiger partial charge >= 0.3 is 0 Å². The quantitative estimate of drug-likeness (QED) is 0.723. The molecule has 1 aromatic rings. The summed E-state index contributed by atoms with van der Waals surface area (Å²) in [5.41, 5.74) is 0. The highest BCUT2D eigenvalue weighted by molar-refractivity contribution is 9.11. The second-order valence-electron chi connectivity index (χ2n) is 4.29. The van der Waals surface area contributed by atoms with Gasteiger partial charge in [0.1, 0.15) is 0 Å². The molecule has 0 atom stereocenters. The van der Waals surface area contributed by atoms with Gasteiger partial charge < -0.3 is 10.1 Å². The average molecular weight is 341 g/mol. The minimum absolute atomic E-state index is 0.695. The maximum atomic E-state index is 5.95. The predicted octanol–water partition coefficient (Wildman–Crippen LogP) is 3.97. The van der Waals surface area contributed by atoms with Gasteiger partial charge in [0.2, 0.25) is 0 Å². The second kappa shape index (κ2) is 8.48. The van der Waals surface area contributed by atoms with E-state index in [1.165, 1.54) is 4.88 Å². The molecule has 0 saturated carbocycles. The van der Waals surface area contributed by atoms with Gasteiger partial charge in [0.25, 0.3) is 0 Å². The summed E-state index contributed by atoms with van der Waals surface area (Å²) in [5, 5.41) is 4.14. The third-order valence-electron chi connectivity index (χ3n) is 2.16. The first-order valence-corrected chi connectivity index (χ1v) is 7.80. The molecule has 0 aliphatic rings. The van der Waals surface area contributed by atoms with Gasteiger partial charge in [0, 0.05) is 17.8 Å². The van der Waals surface area contributed by atoms with Gasteiger partial charge in [-0.25, -0.2) is 0 Å². The minimum Gasteiger partial charge on any atom is -0.380 e. The molecule has 0 aliphatic heterocycles. The van der Waals surface area contributed by atoms with E-state index in [2.05, 4.69) is 35.1 Å². The number of nitrogens with one attached hydrogen (secondary N) is 1. The highest BCUT2D eigenvalue weighted by Crippen LogP contribution is 2.32. The molecular formula is C12H19BrClNOS. The van der Waals surface area contributed by atoms with Gasteiger partial charge in [-0.3, -0.25) is 0 Å². The molecule has 0 radical (unpaired) electrons. The smallest absolute Gasteiger partial charge is 0.0887 e. The maximum absolute atomic E-state index is 5.95. The molecule has 1 heterocycles. The lowest BCUT2D eigenvalue weighted by Crippen LogP contribution is -2.24. The molecule has 0 unspecified atom stereocenters. The van der Waals surface area contributed by atoms with Crippen LogP contribution in [0.1, 0.15) is 18.7 Å². The van der Waals surface area contributed by atoms with Crippen molar-refractivity contribution < 1.29 is 4.74 Å². The molecule has 5 heteroatoms. The van der Waals surface area contributed by atoms with Crippen LogP contribution in [-0.4, -0.2) is 26.3 Å². The number of hydrogen-bond acceptors (Lipinski definition) is 3. The lowest BCUT2D eigenvalue weighted by molar-refractivity contribution is 0.139. The van der Waals surface area contributed by atoms with Gasteiger partial charge in [-0.05, 0) is 34.5 Å². The normalized spacial score (nSPS) is 11.4. The molecule has 0 bridgehead atoms. The monoisotopic (exact) mass is 339 g/mol. The fourth-order valence-electron chi connectivity index (χ4n) is 1.32. The van der Waals surface area contributed by atoms with E-state index in [0.29, 0.717) is 5.92 Å². The van der Waals surface area contributed by atoms with Crippen LogP contribution in [0, 0.1) is 5.92 Å². The fraction of sp³-hybridized carbons (Fsp3) is 0.667. The lowest BCUT2D eigenvalue weighted by Gasteiger charge is -2.07. The van der Waals surface area contributed by atoms with Crippen molar-refractivity contribution in [1.82, 2.24) is 5.32 Å². The third kappa shape index (κ3) is 6.77. The first-order chi connectivity index (χ1) is 8.09. The molecule has 0 fully saturated rings. The Bertz CT molecular complexity index is 311. The molecule has 0 amide bonds. The van der Waals surface area contributed by atoms with Crippen molar-refractivity contribution >= 4 is 38.9 Å². The summed E-state index contributed by atoms with van der Waals surface area (Å²) in [6.45, 7) is 7.90. The van der Waals surface area contributed by atoms with E-state index in [9.17, 15) is 0 Å². The summed E-state index contributed by atoms with van der Waals surface area (Å²) >= 11 is 11.0. The largest absolute Gasteiger partial charge is 0.380 e. The van der Waals surface area contributed by atoms with Crippen molar-refractivity contribution in [3.8, 4) is 0 Å². The molecule has 0 aliphatic carbocycles. The van der Waals surface area contributed by atoms with Crippen LogP contribution in [0.15, 0.2) is 9.85 Å². The number of halogens is 2. The number of ether oxygens (including phenoxy) is 1. The van der Waals surface area contributed by atoms with Crippen molar-refractivity contribution in [2.45, 2.75) is 20.3 Å². The highest BCUT2D eigenvalue weighted by atomic mass is 79.9. The summed E-state index contributed by atoms with van der Waals surface area (Å²) in [7, 11) is 0. The Morgan fingerprint density at radius 1 is 1.47 bits per heavy atom. The fourth-order valence-corrected chi connectivity index (χ4v) is 3.12. The predicted molar refractivity (Wildman–Crippen MR) is 79.3 cm³/mol. The van der Waals surface area contributed by atoms with Crippen LogP contribution in [-0.2, 0) is 11.2 Å². The van der Waals surface area contributed by atoms with Crippen LogP contribution < -0.4 is 5.32 Å². The van der Waals surface area contributed by atoms with Crippen molar-refractivity contribution in [1.29, 1.82) is 0 Å². The number of rotatable bonds is 8. The summed E-state index contributed by atoms with van der Waals surface area (Å²) in [4.78, 5) is 1.26. The zero-order chi connectivity index (χ0) is 12.7. The molecule has 0 aromatic carbocycles. The molecule has 1 aromatic heterocycles. The number of thiophene rings is 1. The Morgan fingerprint density at radius 3 is 2.82 bits per heavy atom. The number of hydrogen-bond donors (Lipinski definition) is 1. The van der Waals surface area contributed by atoms with Crippen molar-refractivity contribution in [3.05, 3.63) is 19.8 Å². The van der Waals surface area contributed by atoms with Crippen LogP contribution in [0.4, 0.5) is 0 Å². The Kier molecular flexibility index (Phi) is 7.71. The first kappa shape index (κ1) is 15.4. The Hall–Kier alpha value is 0.390. The molecule has 0 spiro atoms. The van der Waals surface area contributed by atoms with Crippen molar-refractivity contribution in [2.24, 2.45) is 5.92 Å². The Morgan fingerprint density at radius 2 is 2.24 bits per heavy atom. The first-order valence-electron chi connectivity index (χ1n) is 5.81. The van der Waals surface area contributed by atoms with Gasteiger partial charge in [-0.1, -0.05) is 25.4 Å². The van der Waals surface area contributed by atoms with E-state index in [1.54, 1.807) is 11.3 Å². The maximum Gasteiger partial charge on any atom is 0.0887 e. The van der Waals surface area contributed by atoms with E-state index in [-0.39, 0.29) is 0 Å². The average Bonchev–Trinajstić information content (AvgIpc) is 2.56. The zero-order valence-corrected chi connectivity index (χ0v) is 13.4. The van der Waals surface area contributed by atoms with E-state index in [1.807, 2.05) is 6.07 Å². The summed E-state index contributed by atoms with van der Waals surface area (Å²) in [6.07, 6.45) is 0.931. The molecule has 1 rings (SSSR count). The van der Waals surface area contributed by atoms with E-state index >= 15 is 0 Å². The summed E-state index contributed by atoms with van der Waals surface area (Å²) < 4.78 is 6.56. The Balaban J connectivity index is 2.01. The van der Waals surface area contributed by atoms with Crippen LogP contribution in [0.3, 0.4) is 0 Å². The minimum atomic E-state index is 0.695. The Labute approximate surface area is 121 Å². The molecule has 98 valence electrons. The standard InChI is InChI=1S/C12H19BrClNOS/c1-9(2)8-15-4-6-16-5-3-10-7-11(14)12(13)17-10/h7,9,15H,3-6,8H2,1-2H3. The van der Waals surface area contributed by atoms with Gasteiger partial charge in [-0.15, -0.1) is 11.3 Å². The van der Waals surface area contributed by atoms with Crippen LogP contribution in [0.25, 0.3) is 0 Å². The molecular weight excluding hydrogens is 322 g/mol. The van der Waals surface area contributed by atoms with E-state index in [4.69, 9.17) is 16.3 Å². The summed E-state index contributed by atoms with van der Waals surface area (Å²) in [5.74, 6) is 0.695. The van der Waals surface area contributed by atoms with Crippen LogP contribution >= 0.6 is 38.9 Å². The SMILES string of the molecule is CC(C)CNCCOCCc1cc(Cl)c(Br)s1. The van der Waals surface area contributed by atoms with Crippen LogP contribution in [0.5, 0.6) is 0 Å². The molecule has 1 N–H and O–H groups in total. The second-order valence-corrected chi connectivity index (χ2v) is 7.16. The van der Waals surface area contributed by atoms with Gasteiger partial charge in [0.05, 0.1) is 22.0 Å². The van der Waals surface area contributed by atoms with Crippen molar-refractivity contribution in [2.75, 3.05) is 26.3 Å².